The molecule has 0 saturated carbocycles. The molecule has 1 aliphatic heterocycles. The van der Waals surface area contributed by atoms with Gasteiger partial charge in [0.2, 0.25) is 0 Å². The van der Waals surface area contributed by atoms with Gasteiger partial charge in [0.15, 0.2) is 6.10 Å². The van der Waals surface area contributed by atoms with Crippen molar-refractivity contribution in [1.82, 2.24) is 0 Å². The highest BCUT2D eigenvalue weighted by molar-refractivity contribution is 5.75. The second kappa shape index (κ2) is 6.91. The number of aryl methyl sites for hydroxylation is 1. The zero-order valence-corrected chi connectivity index (χ0v) is 10.2. The molecule has 4 heteroatoms. The Hall–Kier alpha value is -1.55. The van der Waals surface area contributed by atoms with Crippen LogP contribution in [0.2, 0.25) is 0 Å². The van der Waals surface area contributed by atoms with Crippen LogP contribution in [0.4, 0.5) is 0 Å². The predicted molar refractivity (Wildman–Crippen MR) is 64.0 cm³/mol. The molecule has 0 bridgehead atoms. The Morgan fingerprint density at radius 1 is 1.47 bits per heavy atom. The maximum absolute atomic E-state index is 11.5. The van der Waals surface area contributed by atoms with Crippen LogP contribution in [0.15, 0.2) is 24.3 Å². The van der Waals surface area contributed by atoms with Crippen molar-refractivity contribution < 1.29 is 19.4 Å². The summed E-state index contributed by atoms with van der Waals surface area (Å²) in [4.78, 5) is 11.5. The summed E-state index contributed by atoms with van der Waals surface area (Å²) in [5, 5.41) is 7.00. The first-order chi connectivity index (χ1) is 8.31. The number of benzene rings is 1. The molecule has 1 N–H and O–H groups in total. The molecular weight excluding hydrogens is 220 g/mol. The van der Waals surface area contributed by atoms with E-state index in [-0.39, 0.29) is 5.97 Å². The highest BCUT2D eigenvalue weighted by atomic mass is 16.6. The number of carbonyl (C=O) groups is 1. The highest BCUT2D eigenvalue weighted by Crippen LogP contribution is 2.27. The molecular formula is C13H18O4. The molecule has 0 amide bonds. The fraction of sp³-hybridized carbons (Fsp3) is 0.462. The van der Waals surface area contributed by atoms with Crippen LogP contribution < -0.4 is 4.74 Å². The van der Waals surface area contributed by atoms with Crippen LogP contribution in [-0.4, -0.2) is 30.9 Å². The van der Waals surface area contributed by atoms with E-state index in [1.165, 1.54) is 0 Å². The van der Waals surface area contributed by atoms with E-state index in [0.717, 1.165) is 24.8 Å². The summed E-state index contributed by atoms with van der Waals surface area (Å²) in [5.41, 5.74) is 1.16. The number of para-hydroxylation sites is 1. The lowest BCUT2D eigenvalue weighted by Crippen LogP contribution is -2.32. The summed E-state index contributed by atoms with van der Waals surface area (Å²) >= 11 is 0. The first kappa shape index (κ1) is 13.5. The fourth-order valence-corrected chi connectivity index (χ4v) is 1.73. The quantitative estimate of drug-likeness (QED) is 0.794. The minimum Gasteiger partial charge on any atom is -0.478 e. The molecule has 0 radical (unpaired) electrons. The largest absolute Gasteiger partial charge is 0.478 e. The number of carbonyl (C=O) groups excluding carboxylic acids is 1. The van der Waals surface area contributed by atoms with Crippen molar-refractivity contribution in [3.05, 3.63) is 29.8 Å². The molecule has 1 atom stereocenters. The molecule has 1 heterocycles. The average molecular weight is 238 g/mol. The van der Waals surface area contributed by atoms with Gasteiger partial charge in [-0.25, -0.2) is 4.79 Å². The van der Waals surface area contributed by atoms with Crippen LogP contribution in [0.5, 0.6) is 5.75 Å². The van der Waals surface area contributed by atoms with E-state index in [1.54, 1.807) is 6.92 Å². The summed E-state index contributed by atoms with van der Waals surface area (Å²) in [6.07, 6.45) is 1.15. The fourth-order valence-electron chi connectivity index (χ4n) is 1.73. The van der Waals surface area contributed by atoms with E-state index < -0.39 is 6.10 Å². The smallest absolute Gasteiger partial charge is 0.347 e. The van der Waals surface area contributed by atoms with E-state index in [9.17, 15) is 4.79 Å². The molecule has 4 nitrogen and oxygen atoms in total. The number of ether oxygens (including phenoxy) is 2. The van der Waals surface area contributed by atoms with Crippen LogP contribution in [0.3, 0.4) is 0 Å². The van der Waals surface area contributed by atoms with Crippen LogP contribution in [0, 0.1) is 0 Å². The second-order valence-electron chi connectivity index (χ2n) is 3.50. The van der Waals surface area contributed by atoms with Gasteiger partial charge in [0.05, 0.1) is 6.61 Å². The number of aliphatic hydroxyl groups is 1. The van der Waals surface area contributed by atoms with Crippen LogP contribution in [0.1, 0.15) is 18.9 Å². The third-order valence-corrected chi connectivity index (χ3v) is 2.47. The molecule has 0 fully saturated rings. The van der Waals surface area contributed by atoms with Gasteiger partial charge in [-0.2, -0.15) is 0 Å². The van der Waals surface area contributed by atoms with Crippen molar-refractivity contribution in [1.29, 1.82) is 0 Å². The van der Waals surface area contributed by atoms with Crippen molar-refractivity contribution in [3.8, 4) is 5.75 Å². The summed E-state index contributed by atoms with van der Waals surface area (Å²) in [7, 11) is 1.00. The van der Waals surface area contributed by atoms with Gasteiger partial charge in [0, 0.05) is 7.11 Å². The second-order valence-corrected chi connectivity index (χ2v) is 3.50. The van der Waals surface area contributed by atoms with Crippen LogP contribution in [0.25, 0.3) is 0 Å². The van der Waals surface area contributed by atoms with E-state index >= 15 is 0 Å². The number of rotatable bonds is 2. The maximum atomic E-state index is 11.5. The Morgan fingerprint density at radius 2 is 2.18 bits per heavy atom. The van der Waals surface area contributed by atoms with E-state index in [1.807, 2.05) is 24.3 Å². The first-order valence-electron chi connectivity index (χ1n) is 5.67. The van der Waals surface area contributed by atoms with Crippen molar-refractivity contribution in [3.63, 3.8) is 0 Å². The standard InChI is InChI=1S/C12H14O3.CH4O/c1-2-14-12(13)11-8-7-9-5-3-4-6-10(9)15-11;1-2/h3-6,11H,2,7-8H2,1H3;2H,1H3. The van der Waals surface area contributed by atoms with Gasteiger partial charge in [-0.15, -0.1) is 0 Å². The average Bonchev–Trinajstić information content (AvgIpc) is 2.41. The van der Waals surface area contributed by atoms with Gasteiger partial charge in [0.25, 0.3) is 0 Å². The lowest BCUT2D eigenvalue weighted by atomic mass is 10.0. The van der Waals surface area contributed by atoms with Gasteiger partial charge in [-0.05, 0) is 31.4 Å². The Morgan fingerprint density at radius 3 is 2.88 bits per heavy atom. The van der Waals surface area contributed by atoms with Crippen LogP contribution >= 0.6 is 0 Å². The number of hydrogen-bond acceptors (Lipinski definition) is 4. The summed E-state index contributed by atoms with van der Waals surface area (Å²) < 4.78 is 10.5. The van der Waals surface area contributed by atoms with Crippen molar-refractivity contribution in [2.75, 3.05) is 13.7 Å². The summed E-state index contributed by atoms with van der Waals surface area (Å²) in [5.74, 6) is 0.550. The minimum atomic E-state index is -0.431. The summed E-state index contributed by atoms with van der Waals surface area (Å²) in [6.45, 7) is 2.20. The SMILES string of the molecule is CCOC(=O)C1CCc2ccccc2O1.CO. The number of hydrogen-bond donors (Lipinski definition) is 1. The minimum absolute atomic E-state index is 0.257. The number of esters is 1. The maximum Gasteiger partial charge on any atom is 0.347 e. The van der Waals surface area contributed by atoms with Gasteiger partial charge >= 0.3 is 5.97 Å². The zero-order chi connectivity index (χ0) is 12.7. The van der Waals surface area contributed by atoms with Gasteiger partial charge in [-0.3, -0.25) is 0 Å². The highest BCUT2D eigenvalue weighted by Gasteiger charge is 2.26. The van der Waals surface area contributed by atoms with Crippen molar-refractivity contribution in [2.24, 2.45) is 0 Å². The zero-order valence-electron chi connectivity index (χ0n) is 10.2. The van der Waals surface area contributed by atoms with E-state index in [4.69, 9.17) is 14.6 Å². The molecule has 0 aliphatic carbocycles. The topological polar surface area (TPSA) is 55.8 Å². The molecule has 0 spiro atoms. The van der Waals surface area contributed by atoms with E-state index in [2.05, 4.69) is 0 Å². The number of fused-ring (bicyclic) bond motifs is 1. The molecule has 94 valence electrons. The molecule has 1 aliphatic rings. The van der Waals surface area contributed by atoms with Crippen molar-refractivity contribution in [2.45, 2.75) is 25.9 Å². The Labute approximate surface area is 101 Å². The molecule has 0 saturated heterocycles. The molecule has 0 aromatic heterocycles. The molecule has 17 heavy (non-hydrogen) atoms. The Balaban J connectivity index is 0.000000686. The normalized spacial score (nSPS) is 17.0. The van der Waals surface area contributed by atoms with Crippen LogP contribution in [-0.2, 0) is 16.0 Å². The van der Waals surface area contributed by atoms with Gasteiger partial charge in [-0.1, -0.05) is 18.2 Å². The monoisotopic (exact) mass is 238 g/mol. The third-order valence-electron chi connectivity index (χ3n) is 2.47. The molecule has 1 aromatic rings. The van der Waals surface area contributed by atoms with E-state index in [0.29, 0.717) is 13.0 Å². The third kappa shape index (κ3) is 3.46. The molecule has 2 rings (SSSR count). The Bertz CT molecular complexity index is 362. The number of aliphatic hydroxyl groups excluding tert-OH is 1. The van der Waals surface area contributed by atoms with Crippen molar-refractivity contribution >= 4 is 5.97 Å². The molecule has 1 unspecified atom stereocenters. The Kier molecular flexibility index (Phi) is 5.49. The summed E-state index contributed by atoms with van der Waals surface area (Å²) in [6, 6.07) is 7.80. The first-order valence-corrected chi connectivity index (χ1v) is 5.67. The lowest BCUT2D eigenvalue weighted by Gasteiger charge is -2.24. The lowest BCUT2D eigenvalue weighted by molar-refractivity contribution is -0.152. The van der Waals surface area contributed by atoms with Gasteiger partial charge < -0.3 is 14.6 Å². The van der Waals surface area contributed by atoms with Gasteiger partial charge in [0.1, 0.15) is 5.75 Å². The molecule has 1 aromatic carbocycles. The predicted octanol–water partition coefficient (Wildman–Crippen LogP) is 1.55.